The maximum absolute atomic E-state index is 6.00. The molecule has 0 spiro atoms. The van der Waals surface area contributed by atoms with Crippen LogP contribution in [0.3, 0.4) is 0 Å². The molecule has 1 aliphatic carbocycles. The molecule has 2 N–H and O–H groups in total. The molecule has 2 unspecified atom stereocenters. The fourth-order valence-electron chi connectivity index (χ4n) is 2.47. The van der Waals surface area contributed by atoms with Gasteiger partial charge < -0.3 is 5.73 Å². The molecule has 0 radical (unpaired) electrons. The molecule has 0 aromatic heterocycles. The average molecular weight is 268 g/mol. The molecule has 82 valence electrons. The minimum Gasteiger partial charge on any atom is -0.328 e. The van der Waals surface area contributed by atoms with Crippen LogP contribution in [-0.2, 0) is 6.42 Å². The first-order valence-corrected chi connectivity index (χ1v) is 6.53. The summed E-state index contributed by atoms with van der Waals surface area (Å²) in [6.07, 6.45) is 6.28. The van der Waals surface area contributed by atoms with E-state index in [9.17, 15) is 0 Å². The predicted molar refractivity (Wildman–Crippen MR) is 67.8 cm³/mol. The summed E-state index contributed by atoms with van der Waals surface area (Å²) in [7, 11) is 0. The van der Waals surface area contributed by atoms with Gasteiger partial charge in [0.2, 0.25) is 0 Å². The molecule has 2 atom stereocenters. The van der Waals surface area contributed by atoms with Gasteiger partial charge in [0, 0.05) is 10.5 Å². The van der Waals surface area contributed by atoms with Crippen molar-refractivity contribution in [3.8, 4) is 0 Å². The van der Waals surface area contributed by atoms with Crippen molar-refractivity contribution in [2.75, 3.05) is 0 Å². The molecule has 1 aromatic carbocycles. The summed E-state index contributed by atoms with van der Waals surface area (Å²) in [5, 5.41) is 0. The van der Waals surface area contributed by atoms with Crippen molar-refractivity contribution < 1.29 is 0 Å². The van der Waals surface area contributed by atoms with Crippen LogP contribution in [0.5, 0.6) is 0 Å². The average Bonchev–Trinajstić information content (AvgIpc) is 2.22. The Morgan fingerprint density at radius 2 is 1.93 bits per heavy atom. The molecule has 1 aromatic rings. The number of nitrogens with two attached hydrogens (primary N) is 1. The fraction of sp³-hybridized carbons (Fsp3) is 0.538. The number of hydrogen-bond donors (Lipinski definition) is 1. The van der Waals surface area contributed by atoms with Crippen molar-refractivity contribution >= 4 is 15.9 Å². The van der Waals surface area contributed by atoms with E-state index in [1.807, 2.05) is 0 Å². The van der Waals surface area contributed by atoms with Crippen LogP contribution in [0.1, 0.15) is 31.2 Å². The molecular weight excluding hydrogens is 250 g/mol. The van der Waals surface area contributed by atoms with Crippen molar-refractivity contribution in [1.82, 2.24) is 0 Å². The van der Waals surface area contributed by atoms with Crippen LogP contribution in [0.25, 0.3) is 0 Å². The van der Waals surface area contributed by atoms with Crippen molar-refractivity contribution in [2.45, 2.75) is 38.1 Å². The zero-order valence-corrected chi connectivity index (χ0v) is 10.5. The molecule has 1 aliphatic rings. The van der Waals surface area contributed by atoms with Gasteiger partial charge in [-0.3, -0.25) is 0 Å². The Hall–Kier alpha value is -0.340. The van der Waals surface area contributed by atoms with E-state index in [0.29, 0.717) is 6.04 Å². The van der Waals surface area contributed by atoms with Crippen molar-refractivity contribution in [1.29, 1.82) is 0 Å². The Morgan fingerprint density at radius 3 is 2.60 bits per heavy atom. The standard InChI is InChI=1S/C13H18BrN/c14-12-6-4-10(5-7-12)8-11-2-1-3-13(15)9-11/h4-7,11,13H,1-3,8-9,15H2. The Balaban J connectivity index is 1.93. The lowest BCUT2D eigenvalue weighted by molar-refractivity contribution is 0.321. The van der Waals surface area contributed by atoms with Gasteiger partial charge >= 0.3 is 0 Å². The van der Waals surface area contributed by atoms with Crippen LogP contribution >= 0.6 is 15.9 Å². The summed E-state index contributed by atoms with van der Waals surface area (Å²) in [5.41, 5.74) is 7.44. The van der Waals surface area contributed by atoms with E-state index in [0.717, 1.165) is 10.4 Å². The predicted octanol–water partition coefficient (Wildman–Crippen LogP) is 3.51. The van der Waals surface area contributed by atoms with Crippen molar-refractivity contribution in [3.05, 3.63) is 34.3 Å². The molecule has 0 saturated heterocycles. The molecule has 1 nitrogen and oxygen atoms in total. The second-order valence-electron chi connectivity index (χ2n) is 4.62. The van der Waals surface area contributed by atoms with Crippen LogP contribution in [0.15, 0.2) is 28.7 Å². The highest BCUT2D eigenvalue weighted by molar-refractivity contribution is 9.10. The molecule has 1 saturated carbocycles. The van der Waals surface area contributed by atoms with E-state index in [2.05, 4.69) is 40.2 Å². The lowest BCUT2D eigenvalue weighted by atomic mass is 9.82. The number of hydrogen-bond acceptors (Lipinski definition) is 1. The molecule has 0 bridgehead atoms. The highest BCUT2D eigenvalue weighted by Gasteiger charge is 2.19. The minimum atomic E-state index is 0.444. The quantitative estimate of drug-likeness (QED) is 0.872. The Labute approximate surface area is 100 Å². The smallest absolute Gasteiger partial charge is 0.0175 e. The maximum Gasteiger partial charge on any atom is 0.0175 e. The summed E-state index contributed by atoms with van der Waals surface area (Å²) >= 11 is 3.46. The molecule has 0 aliphatic heterocycles. The number of rotatable bonds is 2. The Bertz CT molecular complexity index is 307. The number of halogens is 1. The van der Waals surface area contributed by atoms with Crippen LogP contribution in [0, 0.1) is 5.92 Å². The molecule has 0 heterocycles. The Morgan fingerprint density at radius 1 is 1.20 bits per heavy atom. The second kappa shape index (κ2) is 5.13. The summed E-state index contributed by atoms with van der Waals surface area (Å²) in [5.74, 6) is 0.801. The van der Waals surface area contributed by atoms with Crippen LogP contribution in [-0.4, -0.2) is 6.04 Å². The third-order valence-electron chi connectivity index (χ3n) is 3.26. The first-order valence-electron chi connectivity index (χ1n) is 5.74. The maximum atomic E-state index is 6.00. The Kier molecular flexibility index (Phi) is 3.81. The SMILES string of the molecule is NC1CCCC(Cc2ccc(Br)cc2)C1. The van der Waals surface area contributed by atoms with Crippen LogP contribution in [0.4, 0.5) is 0 Å². The van der Waals surface area contributed by atoms with E-state index in [1.165, 1.54) is 37.7 Å². The van der Waals surface area contributed by atoms with Gasteiger partial charge in [-0.2, -0.15) is 0 Å². The molecule has 15 heavy (non-hydrogen) atoms. The van der Waals surface area contributed by atoms with Crippen molar-refractivity contribution in [3.63, 3.8) is 0 Å². The van der Waals surface area contributed by atoms with Gasteiger partial charge in [0.05, 0.1) is 0 Å². The lowest BCUT2D eigenvalue weighted by Crippen LogP contribution is -2.28. The zero-order valence-electron chi connectivity index (χ0n) is 8.95. The highest BCUT2D eigenvalue weighted by atomic mass is 79.9. The highest BCUT2D eigenvalue weighted by Crippen LogP contribution is 2.26. The normalized spacial score (nSPS) is 26.5. The van der Waals surface area contributed by atoms with E-state index in [4.69, 9.17) is 5.73 Å². The topological polar surface area (TPSA) is 26.0 Å². The van der Waals surface area contributed by atoms with Gasteiger partial charge in [0.25, 0.3) is 0 Å². The van der Waals surface area contributed by atoms with E-state index in [-0.39, 0.29) is 0 Å². The zero-order chi connectivity index (χ0) is 10.7. The summed E-state index contributed by atoms with van der Waals surface area (Å²) in [6, 6.07) is 9.11. The van der Waals surface area contributed by atoms with E-state index in [1.54, 1.807) is 0 Å². The summed E-state index contributed by atoms with van der Waals surface area (Å²) in [4.78, 5) is 0. The van der Waals surface area contributed by atoms with Crippen LogP contribution < -0.4 is 5.73 Å². The molecule has 2 rings (SSSR count). The van der Waals surface area contributed by atoms with Gasteiger partial charge in [-0.05, 0) is 42.9 Å². The fourth-order valence-corrected chi connectivity index (χ4v) is 2.74. The van der Waals surface area contributed by atoms with E-state index >= 15 is 0 Å². The first-order chi connectivity index (χ1) is 7.24. The van der Waals surface area contributed by atoms with Gasteiger partial charge in [-0.15, -0.1) is 0 Å². The second-order valence-corrected chi connectivity index (χ2v) is 5.54. The van der Waals surface area contributed by atoms with Gasteiger partial charge in [-0.25, -0.2) is 0 Å². The van der Waals surface area contributed by atoms with E-state index < -0.39 is 0 Å². The largest absolute Gasteiger partial charge is 0.328 e. The van der Waals surface area contributed by atoms with Gasteiger partial charge in [0.1, 0.15) is 0 Å². The molecule has 1 fully saturated rings. The van der Waals surface area contributed by atoms with Gasteiger partial charge in [-0.1, -0.05) is 40.9 Å². The minimum absolute atomic E-state index is 0.444. The molecule has 0 amide bonds. The van der Waals surface area contributed by atoms with Crippen molar-refractivity contribution in [2.24, 2.45) is 11.7 Å². The summed E-state index contributed by atoms with van der Waals surface area (Å²) < 4.78 is 1.16. The first kappa shape index (κ1) is 11.2. The van der Waals surface area contributed by atoms with Crippen LogP contribution in [0.2, 0.25) is 0 Å². The molecule has 2 heteroatoms. The third-order valence-corrected chi connectivity index (χ3v) is 3.79. The molecular formula is C13H18BrN. The van der Waals surface area contributed by atoms with Gasteiger partial charge in [0.15, 0.2) is 0 Å². The lowest BCUT2D eigenvalue weighted by Gasteiger charge is -2.26. The monoisotopic (exact) mass is 267 g/mol. The summed E-state index contributed by atoms with van der Waals surface area (Å²) in [6.45, 7) is 0. The third kappa shape index (κ3) is 3.32. The number of benzene rings is 1.